The zero-order chi connectivity index (χ0) is 21.5. The fourth-order valence-corrected chi connectivity index (χ4v) is 3.21. The van der Waals surface area contributed by atoms with E-state index < -0.39 is 12.1 Å². The lowest BCUT2D eigenvalue weighted by Gasteiger charge is -2.32. The van der Waals surface area contributed by atoms with Crippen molar-refractivity contribution >= 4 is 17.8 Å². The van der Waals surface area contributed by atoms with Gasteiger partial charge in [0.05, 0.1) is 29.9 Å². The van der Waals surface area contributed by atoms with E-state index in [0.717, 1.165) is 24.6 Å². The summed E-state index contributed by atoms with van der Waals surface area (Å²) >= 11 is 0. The monoisotopic (exact) mass is 419 g/mol. The molecule has 1 saturated heterocycles. The zero-order valence-electron chi connectivity index (χ0n) is 16.2. The number of hydrogen-bond acceptors (Lipinski definition) is 6. The van der Waals surface area contributed by atoms with Gasteiger partial charge in [0.25, 0.3) is 6.43 Å². The molecule has 1 unspecified atom stereocenters. The summed E-state index contributed by atoms with van der Waals surface area (Å²) in [6.45, 7) is 1.27. The van der Waals surface area contributed by atoms with E-state index in [0.29, 0.717) is 30.3 Å². The van der Waals surface area contributed by atoms with Crippen molar-refractivity contribution in [3.63, 3.8) is 0 Å². The van der Waals surface area contributed by atoms with Crippen LogP contribution in [0.25, 0.3) is 17.5 Å². The van der Waals surface area contributed by atoms with Gasteiger partial charge in [-0.25, -0.2) is 28.5 Å². The number of halogens is 2. The van der Waals surface area contributed by atoms with Crippen LogP contribution in [0, 0.1) is 5.41 Å². The van der Waals surface area contributed by atoms with Crippen LogP contribution in [0.5, 0.6) is 0 Å². The van der Waals surface area contributed by atoms with E-state index in [2.05, 4.69) is 25.3 Å². The number of imidazole rings is 1. The third kappa shape index (κ3) is 5.44. The molecule has 1 aliphatic heterocycles. The highest BCUT2D eigenvalue weighted by molar-refractivity contribution is 5.97. The molecule has 2 amide bonds. The number of urea groups is 1. The van der Waals surface area contributed by atoms with Crippen LogP contribution < -0.4 is 5.32 Å². The van der Waals surface area contributed by atoms with Crippen molar-refractivity contribution in [1.29, 1.82) is 5.41 Å². The lowest BCUT2D eigenvalue weighted by atomic mass is 9.94. The summed E-state index contributed by atoms with van der Waals surface area (Å²) in [4.78, 5) is 29.6. The van der Waals surface area contributed by atoms with E-state index in [-0.39, 0.29) is 25.1 Å². The summed E-state index contributed by atoms with van der Waals surface area (Å²) in [6.07, 6.45) is 4.17. The van der Waals surface area contributed by atoms with Crippen molar-refractivity contribution < 1.29 is 18.7 Å². The number of aromatic amines is 1. The maximum absolute atomic E-state index is 12.4. The molecule has 0 spiro atoms. The van der Waals surface area contributed by atoms with Gasteiger partial charge in [-0.05, 0) is 31.1 Å². The van der Waals surface area contributed by atoms with E-state index in [1.54, 1.807) is 4.90 Å². The second-order valence-electron chi connectivity index (χ2n) is 6.84. The van der Waals surface area contributed by atoms with Crippen LogP contribution in [0.2, 0.25) is 0 Å². The molecule has 30 heavy (non-hydrogen) atoms. The van der Waals surface area contributed by atoms with Crippen molar-refractivity contribution in [3.05, 3.63) is 36.2 Å². The van der Waals surface area contributed by atoms with Crippen LogP contribution in [0.1, 0.15) is 30.3 Å². The predicted molar refractivity (Wildman–Crippen MR) is 106 cm³/mol. The largest absolute Gasteiger partial charge is 0.395 e. The number of likely N-dealkylation sites (tertiary alicyclic amines) is 1. The van der Waals surface area contributed by atoms with Gasteiger partial charge < -0.3 is 20.3 Å². The van der Waals surface area contributed by atoms with Gasteiger partial charge in [-0.1, -0.05) is 0 Å². The molecule has 9 nitrogen and oxygen atoms in total. The number of carbonyl (C=O) groups excluding carboxylic acids is 1. The molecule has 0 aliphatic carbocycles. The molecule has 4 N–H and O–H groups in total. The van der Waals surface area contributed by atoms with E-state index in [9.17, 15) is 13.6 Å². The summed E-state index contributed by atoms with van der Waals surface area (Å²) in [5, 5.41) is 18.7. The third-order valence-electron chi connectivity index (χ3n) is 4.73. The topological polar surface area (TPSA) is 131 Å². The molecular formula is C19H23F2N7O2. The summed E-state index contributed by atoms with van der Waals surface area (Å²) in [5.41, 5.74) is 1.20. The highest BCUT2D eigenvalue weighted by atomic mass is 19.3. The smallest absolute Gasteiger partial charge is 0.317 e. The average Bonchev–Trinajstić information content (AvgIpc) is 3.25. The first-order valence-electron chi connectivity index (χ1n) is 9.53. The summed E-state index contributed by atoms with van der Waals surface area (Å²) in [5.74, 6) is 0.383. The number of amides is 2. The van der Waals surface area contributed by atoms with E-state index in [1.807, 2.05) is 6.07 Å². The Morgan fingerprint density at radius 3 is 3.03 bits per heavy atom. The standard InChI is InChI=1S/C19H23F2N7O2/c20-18(21)13(22)3-4-17-24-9-16(27-17)15-8-14(25-11-26-15)12-2-1-6-28(10-12)19(30)23-5-7-29/h3-4,8-9,11-12,18,22,29H,1-2,5-7,10H2,(H,23,30)(H,24,27)/b4-3-,22-13?. The normalized spacial score (nSPS) is 16.9. The zero-order valence-corrected chi connectivity index (χ0v) is 16.2. The lowest BCUT2D eigenvalue weighted by molar-refractivity contribution is 0.175. The highest BCUT2D eigenvalue weighted by Crippen LogP contribution is 2.27. The Hall–Kier alpha value is -3.21. The molecule has 1 atom stereocenters. The van der Waals surface area contributed by atoms with E-state index in [4.69, 9.17) is 10.5 Å². The molecule has 160 valence electrons. The van der Waals surface area contributed by atoms with Gasteiger partial charge in [-0.15, -0.1) is 0 Å². The first-order valence-corrected chi connectivity index (χ1v) is 9.53. The Morgan fingerprint density at radius 1 is 1.43 bits per heavy atom. The number of nitrogens with zero attached hydrogens (tertiary/aromatic N) is 4. The minimum Gasteiger partial charge on any atom is -0.395 e. The number of piperidine rings is 1. The molecule has 0 bridgehead atoms. The predicted octanol–water partition coefficient (Wildman–Crippen LogP) is 2.05. The first kappa shape index (κ1) is 21.5. The SMILES string of the molecule is N=C(/C=C\c1ncc(-c2cc(C3CCCN(C(=O)NCCO)C3)ncn2)[nH]1)C(F)F. The van der Waals surface area contributed by atoms with E-state index >= 15 is 0 Å². The Balaban J connectivity index is 1.70. The maximum Gasteiger partial charge on any atom is 0.317 e. The number of H-pyrrole nitrogens is 1. The quantitative estimate of drug-likeness (QED) is 0.510. The summed E-state index contributed by atoms with van der Waals surface area (Å²) in [7, 11) is 0. The molecule has 0 radical (unpaired) electrons. The molecule has 3 heterocycles. The Kier molecular flexibility index (Phi) is 7.17. The minimum atomic E-state index is -2.83. The number of allylic oxidation sites excluding steroid dienone is 1. The molecule has 1 aliphatic rings. The number of rotatable bonds is 7. The van der Waals surface area contributed by atoms with E-state index in [1.165, 1.54) is 18.6 Å². The second kappa shape index (κ2) is 10.0. The van der Waals surface area contributed by atoms with Crippen LogP contribution in [-0.4, -0.2) is 74.4 Å². The minimum absolute atomic E-state index is 0.0502. The van der Waals surface area contributed by atoms with Crippen LogP contribution in [0.15, 0.2) is 24.7 Å². The van der Waals surface area contributed by atoms with Gasteiger partial charge in [0.2, 0.25) is 0 Å². The Labute approximate surface area is 171 Å². The molecular weight excluding hydrogens is 396 g/mol. The number of alkyl halides is 2. The van der Waals surface area contributed by atoms with Crippen LogP contribution in [0.4, 0.5) is 13.6 Å². The Morgan fingerprint density at radius 2 is 2.27 bits per heavy atom. The molecule has 1 fully saturated rings. The van der Waals surface area contributed by atoms with Crippen LogP contribution >= 0.6 is 0 Å². The molecule has 2 aromatic heterocycles. The number of hydrogen-bond donors (Lipinski definition) is 4. The lowest BCUT2D eigenvalue weighted by Crippen LogP contribution is -2.45. The van der Waals surface area contributed by atoms with Crippen molar-refractivity contribution in [2.45, 2.75) is 25.2 Å². The number of aromatic nitrogens is 4. The van der Waals surface area contributed by atoms with Gasteiger partial charge in [-0.2, -0.15) is 0 Å². The van der Waals surface area contributed by atoms with Gasteiger partial charge in [-0.3, -0.25) is 5.41 Å². The molecule has 3 rings (SSSR count). The van der Waals surface area contributed by atoms with Gasteiger partial charge in [0, 0.05) is 31.2 Å². The van der Waals surface area contributed by atoms with Crippen molar-refractivity contribution in [2.24, 2.45) is 0 Å². The van der Waals surface area contributed by atoms with Gasteiger partial charge in [0.1, 0.15) is 12.2 Å². The number of aliphatic hydroxyl groups is 1. The van der Waals surface area contributed by atoms with Crippen molar-refractivity contribution in [3.8, 4) is 11.4 Å². The molecule has 0 aromatic carbocycles. The average molecular weight is 419 g/mol. The number of nitrogens with one attached hydrogen (secondary N) is 3. The highest BCUT2D eigenvalue weighted by Gasteiger charge is 2.26. The van der Waals surface area contributed by atoms with Gasteiger partial charge in [0.15, 0.2) is 0 Å². The molecule has 11 heteroatoms. The summed E-state index contributed by atoms with van der Waals surface area (Å²) < 4.78 is 24.8. The second-order valence-corrected chi connectivity index (χ2v) is 6.84. The molecule has 2 aromatic rings. The Bertz CT molecular complexity index is 916. The van der Waals surface area contributed by atoms with Crippen LogP contribution in [0.3, 0.4) is 0 Å². The number of aliphatic hydroxyl groups excluding tert-OH is 1. The third-order valence-corrected chi connectivity index (χ3v) is 4.73. The fourth-order valence-electron chi connectivity index (χ4n) is 3.21. The first-order chi connectivity index (χ1) is 14.5. The molecule has 0 saturated carbocycles. The maximum atomic E-state index is 12.4. The fraction of sp³-hybridized carbons (Fsp3) is 0.421. The summed E-state index contributed by atoms with van der Waals surface area (Å²) in [6, 6.07) is 1.62. The van der Waals surface area contributed by atoms with Crippen molar-refractivity contribution in [1.82, 2.24) is 30.2 Å². The van der Waals surface area contributed by atoms with Gasteiger partial charge >= 0.3 is 6.03 Å². The van der Waals surface area contributed by atoms with Crippen molar-refractivity contribution in [2.75, 3.05) is 26.2 Å². The number of carbonyl (C=O) groups is 1. The van der Waals surface area contributed by atoms with Crippen LogP contribution in [-0.2, 0) is 0 Å².